The molecule has 1 atom stereocenters. The summed E-state index contributed by atoms with van der Waals surface area (Å²) in [4.78, 5) is 51.7. The molecule has 2 aromatic rings. The molecule has 0 radical (unpaired) electrons. The summed E-state index contributed by atoms with van der Waals surface area (Å²) >= 11 is 0. The standard InChI is InChI=1S/C23H19N3O5/c1-14(25)18(12-24)20(27)13-31-23(30)19(11-15-7-3-2-4-8-15)26-21(28)16-9-5-6-10-17(16)22(26)29/h2-10,19H,11,13,25H2,1H3. The van der Waals surface area contributed by atoms with Crippen molar-refractivity contribution in [2.24, 2.45) is 5.73 Å². The predicted octanol–water partition coefficient (Wildman–Crippen LogP) is 1.76. The first-order valence-electron chi connectivity index (χ1n) is 9.42. The maximum atomic E-state index is 12.9. The summed E-state index contributed by atoms with van der Waals surface area (Å²) in [6.07, 6.45) is 0.0101. The Balaban J connectivity index is 1.87. The molecule has 2 N–H and O–H groups in total. The molecule has 0 saturated heterocycles. The Morgan fingerprint density at radius 2 is 1.58 bits per heavy atom. The Morgan fingerprint density at radius 3 is 2.10 bits per heavy atom. The van der Waals surface area contributed by atoms with Gasteiger partial charge in [0.1, 0.15) is 17.7 Å². The Bertz CT molecular complexity index is 1090. The topological polar surface area (TPSA) is 131 Å². The number of ether oxygens (including phenoxy) is 1. The van der Waals surface area contributed by atoms with Crippen LogP contribution in [0.1, 0.15) is 33.2 Å². The lowest BCUT2D eigenvalue weighted by Crippen LogP contribution is -2.47. The van der Waals surface area contributed by atoms with Gasteiger partial charge in [0.25, 0.3) is 11.8 Å². The van der Waals surface area contributed by atoms with E-state index in [4.69, 9.17) is 15.7 Å². The smallest absolute Gasteiger partial charge is 0.330 e. The highest BCUT2D eigenvalue weighted by molar-refractivity contribution is 6.22. The molecular weight excluding hydrogens is 398 g/mol. The first kappa shape index (κ1) is 21.5. The molecule has 1 aliphatic rings. The van der Waals surface area contributed by atoms with Crippen molar-refractivity contribution in [1.29, 1.82) is 5.26 Å². The number of ketones is 1. The van der Waals surface area contributed by atoms with Gasteiger partial charge in [0.05, 0.1) is 11.1 Å². The van der Waals surface area contributed by atoms with Gasteiger partial charge in [-0.2, -0.15) is 5.26 Å². The maximum absolute atomic E-state index is 12.9. The largest absolute Gasteiger partial charge is 0.456 e. The average Bonchev–Trinajstić information content (AvgIpc) is 3.02. The van der Waals surface area contributed by atoms with Gasteiger partial charge in [0.2, 0.25) is 5.78 Å². The van der Waals surface area contributed by atoms with E-state index in [1.165, 1.54) is 19.1 Å². The van der Waals surface area contributed by atoms with Crippen LogP contribution in [-0.4, -0.2) is 41.1 Å². The van der Waals surface area contributed by atoms with Gasteiger partial charge in [-0.3, -0.25) is 19.3 Å². The first-order chi connectivity index (χ1) is 14.8. The van der Waals surface area contributed by atoms with Gasteiger partial charge >= 0.3 is 5.97 Å². The third-order valence-electron chi connectivity index (χ3n) is 4.81. The van der Waals surface area contributed by atoms with Crippen LogP contribution >= 0.6 is 0 Å². The number of nitrogens with two attached hydrogens (primary N) is 1. The van der Waals surface area contributed by atoms with E-state index in [-0.39, 0.29) is 28.8 Å². The zero-order valence-corrected chi connectivity index (χ0v) is 16.7. The van der Waals surface area contributed by atoms with E-state index in [0.29, 0.717) is 5.56 Å². The first-order valence-corrected chi connectivity index (χ1v) is 9.42. The van der Waals surface area contributed by atoms with Crippen LogP contribution in [0.3, 0.4) is 0 Å². The van der Waals surface area contributed by atoms with Crippen LogP contribution in [0.2, 0.25) is 0 Å². The van der Waals surface area contributed by atoms with E-state index in [1.54, 1.807) is 48.5 Å². The van der Waals surface area contributed by atoms with E-state index in [9.17, 15) is 19.2 Å². The maximum Gasteiger partial charge on any atom is 0.330 e. The van der Waals surface area contributed by atoms with Crippen molar-refractivity contribution in [2.75, 3.05) is 6.61 Å². The number of hydrogen-bond donors (Lipinski definition) is 1. The molecule has 0 aromatic heterocycles. The average molecular weight is 417 g/mol. The van der Waals surface area contributed by atoms with Crippen molar-refractivity contribution in [3.63, 3.8) is 0 Å². The molecule has 0 saturated carbocycles. The predicted molar refractivity (Wildman–Crippen MR) is 109 cm³/mol. The minimum Gasteiger partial charge on any atom is -0.456 e. The van der Waals surface area contributed by atoms with Crippen LogP contribution in [0.5, 0.6) is 0 Å². The number of carbonyl (C=O) groups excluding carboxylic acids is 4. The van der Waals surface area contributed by atoms with Gasteiger partial charge in [-0.15, -0.1) is 0 Å². The molecule has 31 heavy (non-hydrogen) atoms. The zero-order valence-electron chi connectivity index (χ0n) is 16.7. The Kier molecular flexibility index (Phi) is 6.26. The van der Waals surface area contributed by atoms with E-state index < -0.39 is 36.2 Å². The molecule has 2 aromatic carbocycles. The number of Topliss-reactive ketones (excluding diaryl/α,β-unsaturated/α-hetero) is 1. The van der Waals surface area contributed by atoms with Crippen LogP contribution in [0.4, 0.5) is 0 Å². The number of nitriles is 1. The van der Waals surface area contributed by atoms with E-state index >= 15 is 0 Å². The summed E-state index contributed by atoms with van der Waals surface area (Å²) in [5.74, 6) is -2.92. The van der Waals surface area contributed by atoms with Crippen molar-refractivity contribution in [1.82, 2.24) is 4.90 Å². The van der Waals surface area contributed by atoms with Crippen molar-refractivity contribution in [3.8, 4) is 6.07 Å². The SMILES string of the molecule is CC(N)=C(C#N)C(=O)COC(=O)C(Cc1ccccc1)N1C(=O)c2ccccc2C1=O. The van der Waals surface area contributed by atoms with Gasteiger partial charge in [0.15, 0.2) is 6.61 Å². The van der Waals surface area contributed by atoms with Crippen LogP contribution < -0.4 is 5.73 Å². The highest BCUT2D eigenvalue weighted by Crippen LogP contribution is 2.26. The molecule has 0 aliphatic carbocycles. The second kappa shape index (κ2) is 9.05. The minimum absolute atomic E-state index is 0.00438. The van der Waals surface area contributed by atoms with Crippen LogP contribution in [0.15, 0.2) is 65.9 Å². The molecule has 3 rings (SSSR count). The van der Waals surface area contributed by atoms with Crippen LogP contribution in [-0.2, 0) is 20.7 Å². The van der Waals surface area contributed by atoms with Gasteiger partial charge < -0.3 is 10.5 Å². The number of rotatable bonds is 7. The number of imide groups is 1. The Labute approximate surface area is 178 Å². The molecule has 8 nitrogen and oxygen atoms in total. The fraction of sp³-hybridized carbons (Fsp3) is 0.174. The van der Waals surface area contributed by atoms with Crippen LogP contribution in [0, 0.1) is 11.3 Å². The Morgan fingerprint density at radius 1 is 1.03 bits per heavy atom. The fourth-order valence-corrected chi connectivity index (χ4v) is 3.28. The van der Waals surface area contributed by atoms with E-state index in [0.717, 1.165) is 4.90 Å². The highest BCUT2D eigenvalue weighted by atomic mass is 16.5. The summed E-state index contributed by atoms with van der Waals surface area (Å²) in [5.41, 5.74) is 6.28. The molecule has 0 spiro atoms. The second-order valence-electron chi connectivity index (χ2n) is 6.93. The quantitative estimate of drug-likeness (QED) is 0.314. The zero-order chi connectivity index (χ0) is 22.5. The molecule has 1 unspecified atom stereocenters. The fourth-order valence-electron chi connectivity index (χ4n) is 3.28. The third kappa shape index (κ3) is 4.36. The number of nitrogens with zero attached hydrogens (tertiary/aromatic N) is 2. The number of amides is 2. The molecule has 156 valence electrons. The number of fused-ring (bicyclic) bond motifs is 1. The number of esters is 1. The summed E-state index contributed by atoms with van der Waals surface area (Å²) in [6, 6.07) is 15.5. The molecule has 2 amide bonds. The highest BCUT2D eigenvalue weighted by Gasteiger charge is 2.43. The monoisotopic (exact) mass is 417 g/mol. The van der Waals surface area contributed by atoms with Gasteiger partial charge in [0, 0.05) is 12.1 Å². The van der Waals surface area contributed by atoms with Gasteiger partial charge in [-0.25, -0.2) is 4.79 Å². The lowest BCUT2D eigenvalue weighted by molar-refractivity contribution is -0.151. The van der Waals surface area contributed by atoms with Gasteiger partial charge in [-0.1, -0.05) is 42.5 Å². The molecule has 0 bridgehead atoms. The third-order valence-corrected chi connectivity index (χ3v) is 4.81. The minimum atomic E-state index is -1.28. The van der Waals surface area contributed by atoms with E-state index in [2.05, 4.69) is 0 Å². The normalized spacial score (nSPS) is 14.4. The number of carbonyl (C=O) groups is 4. The number of allylic oxidation sites excluding steroid dienone is 1. The number of hydrogen-bond acceptors (Lipinski definition) is 7. The second-order valence-corrected chi connectivity index (χ2v) is 6.93. The summed E-state index contributed by atoms with van der Waals surface area (Å²) in [6.45, 7) is 0.653. The van der Waals surface area contributed by atoms with Crippen molar-refractivity contribution in [2.45, 2.75) is 19.4 Å². The molecular formula is C23H19N3O5. The van der Waals surface area contributed by atoms with E-state index in [1.807, 2.05) is 0 Å². The van der Waals surface area contributed by atoms with Crippen molar-refractivity contribution >= 4 is 23.6 Å². The molecule has 8 heteroatoms. The Hall–Kier alpha value is -4.25. The summed E-state index contributed by atoms with van der Waals surface area (Å²) in [5, 5.41) is 9.03. The lowest BCUT2D eigenvalue weighted by atomic mass is 10.0. The summed E-state index contributed by atoms with van der Waals surface area (Å²) < 4.78 is 5.10. The van der Waals surface area contributed by atoms with Crippen LogP contribution in [0.25, 0.3) is 0 Å². The molecule has 0 fully saturated rings. The summed E-state index contributed by atoms with van der Waals surface area (Å²) in [7, 11) is 0. The van der Waals surface area contributed by atoms with Gasteiger partial charge in [-0.05, 0) is 24.6 Å². The number of benzene rings is 2. The lowest BCUT2D eigenvalue weighted by Gasteiger charge is -2.24. The molecule has 1 heterocycles. The molecule has 1 aliphatic heterocycles. The van der Waals surface area contributed by atoms with Crippen molar-refractivity contribution < 1.29 is 23.9 Å². The van der Waals surface area contributed by atoms with Crippen molar-refractivity contribution in [3.05, 3.63) is 82.6 Å².